The van der Waals surface area contributed by atoms with Gasteiger partial charge in [-0.2, -0.15) is 0 Å². The second-order valence-electron chi connectivity index (χ2n) is 7.24. The molecule has 1 aliphatic heterocycles. The Labute approximate surface area is 110 Å². The molecule has 0 bridgehead atoms. The van der Waals surface area contributed by atoms with Gasteiger partial charge in [0.2, 0.25) is 11.8 Å². The van der Waals surface area contributed by atoms with Crippen LogP contribution in [0.25, 0.3) is 0 Å². The summed E-state index contributed by atoms with van der Waals surface area (Å²) in [6.45, 7) is 11.4. The maximum atomic E-state index is 12.0. The van der Waals surface area contributed by atoms with Crippen molar-refractivity contribution >= 4 is 11.8 Å². The summed E-state index contributed by atoms with van der Waals surface area (Å²) in [5.41, 5.74) is 0.295. The van der Waals surface area contributed by atoms with E-state index in [-0.39, 0.29) is 23.1 Å². The molecule has 2 fully saturated rings. The summed E-state index contributed by atoms with van der Waals surface area (Å²) >= 11 is 0. The fraction of sp³-hybridized carbons (Fsp3) is 0.867. The first-order valence-corrected chi connectivity index (χ1v) is 7.02. The van der Waals surface area contributed by atoms with E-state index in [0.717, 1.165) is 12.8 Å². The van der Waals surface area contributed by atoms with Crippen LogP contribution >= 0.6 is 0 Å². The minimum Gasteiger partial charge on any atom is -0.296 e. The summed E-state index contributed by atoms with van der Waals surface area (Å²) in [5.74, 6) is 0.748. The van der Waals surface area contributed by atoms with E-state index in [1.54, 1.807) is 0 Å². The van der Waals surface area contributed by atoms with Crippen molar-refractivity contribution in [3.05, 3.63) is 0 Å². The Balaban J connectivity index is 2.27. The lowest BCUT2D eigenvalue weighted by Crippen LogP contribution is -2.48. The Bertz CT molecular complexity index is 388. The number of nitrogens with one attached hydrogen (secondary N) is 1. The van der Waals surface area contributed by atoms with Gasteiger partial charge in [-0.05, 0) is 35.5 Å². The molecule has 1 N–H and O–H groups in total. The third-order valence-corrected chi connectivity index (χ3v) is 6.10. The van der Waals surface area contributed by atoms with Gasteiger partial charge in [0.15, 0.2) is 0 Å². The van der Waals surface area contributed by atoms with Gasteiger partial charge >= 0.3 is 0 Å². The molecule has 1 saturated heterocycles. The number of imide groups is 1. The van der Waals surface area contributed by atoms with Crippen molar-refractivity contribution in [1.82, 2.24) is 5.32 Å². The maximum Gasteiger partial charge on any atom is 0.230 e. The SMILES string of the molecule is CC1C(C)C(C)(C2CC(=O)NC2=O)CCC1(C)C. The van der Waals surface area contributed by atoms with Crippen molar-refractivity contribution < 1.29 is 9.59 Å². The van der Waals surface area contributed by atoms with Crippen LogP contribution in [0.15, 0.2) is 0 Å². The average Bonchev–Trinajstić information content (AvgIpc) is 2.62. The molecule has 4 atom stereocenters. The lowest BCUT2D eigenvalue weighted by Gasteiger charge is -2.53. The largest absolute Gasteiger partial charge is 0.296 e. The lowest BCUT2D eigenvalue weighted by atomic mass is 9.51. The highest BCUT2D eigenvalue weighted by molar-refractivity contribution is 6.03. The number of carbonyl (C=O) groups is 2. The van der Waals surface area contributed by atoms with Gasteiger partial charge in [0, 0.05) is 6.42 Å². The zero-order valence-electron chi connectivity index (χ0n) is 12.2. The Morgan fingerprint density at radius 1 is 1.06 bits per heavy atom. The third-order valence-electron chi connectivity index (χ3n) is 6.10. The minimum absolute atomic E-state index is 0.0365. The van der Waals surface area contributed by atoms with Crippen LogP contribution < -0.4 is 5.32 Å². The van der Waals surface area contributed by atoms with E-state index >= 15 is 0 Å². The molecule has 0 aromatic heterocycles. The summed E-state index contributed by atoms with van der Waals surface area (Å²) in [6.07, 6.45) is 2.55. The van der Waals surface area contributed by atoms with Crippen molar-refractivity contribution in [3.8, 4) is 0 Å². The topological polar surface area (TPSA) is 46.2 Å². The van der Waals surface area contributed by atoms with E-state index in [9.17, 15) is 9.59 Å². The molecule has 1 saturated carbocycles. The van der Waals surface area contributed by atoms with Gasteiger partial charge in [-0.15, -0.1) is 0 Å². The normalized spacial score (nSPS) is 43.9. The van der Waals surface area contributed by atoms with E-state index in [1.807, 2.05) is 0 Å². The van der Waals surface area contributed by atoms with Gasteiger partial charge in [0.1, 0.15) is 0 Å². The number of amides is 2. The molecule has 3 nitrogen and oxygen atoms in total. The predicted molar refractivity (Wildman–Crippen MR) is 70.7 cm³/mol. The van der Waals surface area contributed by atoms with Crippen LogP contribution in [0.2, 0.25) is 0 Å². The van der Waals surface area contributed by atoms with Crippen LogP contribution in [0.3, 0.4) is 0 Å². The first-order valence-electron chi connectivity index (χ1n) is 7.02. The summed E-state index contributed by atoms with van der Waals surface area (Å²) in [5, 5.41) is 2.47. The Hall–Kier alpha value is -0.860. The first kappa shape index (κ1) is 13.6. The minimum atomic E-state index is -0.126. The molecule has 2 aliphatic rings. The van der Waals surface area contributed by atoms with Crippen molar-refractivity contribution in [2.75, 3.05) is 0 Å². The molecule has 3 heteroatoms. The van der Waals surface area contributed by atoms with Crippen molar-refractivity contribution in [1.29, 1.82) is 0 Å². The molecule has 0 radical (unpaired) electrons. The predicted octanol–water partition coefficient (Wildman–Crippen LogP) is 2.75. The number of hydrogen-bond donors (Lipinski definition) is 1. The number of rotatable bonds is 1. The number of hydrogen-bond acceptors (Lipinski definition) is 2. The second-order valence-corrected chi connectivity index (χ2v) is 7.24. The van der Waals surface area contributed by atoms with E-state index in [1.165, 1.54) is 0 Å². The fourth-order valence-corrected chi connectivity index (χ4v) is 3.87. The van der Waals surface area contributed by atoms with Crippen molar-refractivity contribution in [2.24, 2.45) is 28.6 Å². The van der Waals surface area contributed by atoms with Crippen molar-refractivity contribution in [3.63, 3.8) is 0 Å². The van der Waals surface area contributed by atoms with Gasteiger partial charge in [-0.1, -0.05) is 34.6 Å². The van der Waals surface area contributed by atoms with Crippen LogP contribution in [0.4, 0.5) is 0 Å². The highest BCUT2D eigenvalue weighted by atomic mass is 16.2. The second kappa shape index (κ2) is 4.07. The van der Waals surface area contributed by atoms with Gasteiger partial charge in [-0.25, -0.2) is 0 Å². The Kier molecular flexibility index (Phi) is 3.07. The van der Waals surface area contributed by atoms with Crippen LogP contribution in [0.1, 0.15) is 53.9 Å². The van der Waals surface area contributed by atoms with Gasteiger partial charge < -0.3 is 0 Å². The molecule has 1 heterocycles. The summed E-state index contributed by atoms with van der Waals surface area (Å²) in [4.78, 5) is 23.4. The molecule has 0 aromatic carbocycles. The molecule has 102 valence electrons. The fourth-order valence-electron chi connectivity index (χ4n) is 3.87. The van der Waals surface area contributed by atoms with Crippen LogP contribution in [0, 0.1) is 28.6 Å². The molecule has 0 spiro atoms. The van der Waals surface area contributed by atoms with E-state index in [2.05, 4.69) is 39.9 Å². The molecule has 1 aliphatic carbocycles. The van der Waals surface area contributed by atoms with E-state index in [4.69, 9.17) is 0 Å². The van der Waals surface area contributed by atoms with E-state index < -0.39 is 0 Å². The number of carbonyl (C=O) groups excluding carboxylic acids is 2. The van der Waals surface area contributed by atoms with E-state index in [0.29, 0.717) is 23.7 Å². The molecule has 2 amide bonds. The summed E-state index contributed by atoms with van der Waals surface area (Å²) < 4.78 is 0. The van der Waals surface area contributed by atoms with Crippen molar-refractivity contribution in [2.45, 2.75) is 53.9 Å². The molecule has 0 aromatic rings. The highest BCUT2D eigenvalue weighted by Gasteiger charge is 2.53. The third kappa shape index (κ3) is 1.88. The average molecular weight is 251 g/mol. The zero-order chi connectivity index (χ0) is 13.7. The molecule has 4 unspecified atom stereocenters. The summed E-state index contributed by atoms with van der Waals surface area (Å²) in [6, 6.07) is 0. The lowest BCUT2D eigenvalue weighted by molar-refractivity contribution is -0.132. The molecule has 2 rings (SSSR count). The van der Waals surface area contributed by atoms with Crippen LogP contribution in [0.5, 0.6) is 0 Å². The standard InChI is InChI=1S/C15H25NO2/c1-9-10(2)15(5,7-6-14(9,3)4)11-8-12(17)16-13(11)18/h9-11H,6-8H2,1-5H3,(H,16,17,18). The molecule has 18 heavy (non-hydrogen) atoms. The van der Waals surface area contributed by atoms with Crippen LogP contribution in [-0.4, -0.2) is 11.8 Å². The quantitative estimate of drug-likeness (QED) is 0.728. The molecular formula is C15H25NO2. The monoisotopic (exact) mass is 251 g/mol. The van der Waals surface area contributed by atoms with Gasteiger partial charge in [0.05, 0.1) is 5.92 Å². The highest BCUT2D eigenvalue weighted by Crippen LogP contribution is 2.56. The van der Waals surface area contributed by atoms with Gasteiger partial charge in [0.25, 0.3) is 0 Å². The summed E-state index contributed by atoms with van der Waals surface area (Å²) in [7, 11) is 0. The maximum absolute atomic E-state index is 12.0. The zero-order valence-corrected chi connectivity index (χ0v) is 12.2. The van der Waals surface area contributed by atoms with Gasteiger partial charge in [-0.3, -0.25) is 14.9 Å². The Morgan fingerprint density at radius 3 is 2.17 bits per heavy atom. The molecular weight excluding hydrogens is 226 g/mol. The Morgan fingerprint density at radius 2 is 1.67 bits per heavy atom. The smallest absolute Gasteiger partial charge is 0.230 e. The first-order chi connectivity index (χ1) is 8.18. The van der Waals surface area contributed by atoms with Crippen LogP contribution in [-0.2, 0) is 9.59 Å².